The predicted molar refractivity (Wildman–Crippen MR) is 50.4 cm³/mol. The molecule has 72 valence electrons. The normalized spacial score (nSPS) is 12.4. The first-order valence-electron chi connectivity index (χ1n) is 4.35. The van der Waals surface area contributed by atoms with Gasteiger partial charge in [-0.25, -0.2) is 0 Å². The number of rotatable bonds is 6. The van der Waals surface area contributed by atoms with E-state index >= 15 is 0 Å². The summed E-state index contributed by atoms with van der Waals surface area (Å²) in [6.45, 7) is 4.10. The number of unbranched alkanes of at least 4 members (excludes halogenated alkanes) is 1. The molecule has 0 saturated heterocycles. The predicted octanol–water partition coefficient (Wildman–Crippen LogP) is 0.855. The minimum atomic E-state index is 0.304. The van der Waals surface area contributed by atoms with Crippen molar-refractivity contribution in [3.63, 3.8) is 0 Å². The molecule has 3 N–H and O–H groups in total. The highest BCUT2D eigenvalue weighted by atomic mass is 16.4. The Morgan fingerprint density at radius 1 is 1.50 bits per heavy atom. The quantitative estimate of drug-likeness (QED) is 0.271. The van der Waals surface area contributed by atoms with Gasteiger partial charge < -0.3 is 15.8 Å². The molecule has 0 aromatic carbocycles. The van der Waals surface area contributed by atoms with Crippen LogP contribution in [-0.4, -0.2) is 36.1 Å². The van der Waals surface area contributed by atoms with E-state index < -0.39 is 0 Å². The van der Waals surface area contributed by atoms with Crippen molar-refractivity contribution < 1.29 is 5.21 Å². The van der Waals surface area contributed by atoms with Gasteiger partial charge in [-0.15, -0.1) is 0 Å². The van der Waals surface area contributed by atoms with E-state index in [-0.39, 0.29) is 0 Å². The first kappa shape index (κ1) is 11.2. The van der Waals surface area contributed by atoms with Crippen molar-refractivity contribution >= 4 is 5.84 Å². The Hall–Kier alpha value is -0.770. The van der Waals surface area contributed by atoms with Crippen molar-refractivity contribution in [1.29, 1.82) is 0 Å². The van der Waals surface area contributed by atoms with Gasteiger partial charge in [0.25, 0.3) is 0 Å². The van der Waals surface area contributed by atoms with Gasteiger partial charge in [0.2, 0.25) is 0 Å². The van der Waals surface area contributed by atoms with Crippen LogP contribution in [0.3, 0.4) is 0 Å². The van der Waals surface area contributed by atoms with Crippen LogP contribution in [-0.2, 0) is 0 Å². The van der Waals surface area contributed by atoms with Crippen LogP contribution in [0.4, 0.5) is 0 Å². The van der Waals surface area contributed by atoms with Crippen LogP contribution >= 0.6 is 0 Å². The van der Waals surface area contributed by atoms with Gasteiger partial charge in [-0.3, -0.25) is 0 Å². The summed E-state index contributed by atoms with van der Waals surface area (Å²) in [5.41, 5.74) is 5.32. The van der Waals surface area contributed by atoms with E-state index in [1.807, 2.05) is 7.05 Å². The Morgan fingerprint density at radius 3 is 2.67 bits per heavy atom. The average Bonchev–Trinajstić information content (AvgIpc) is 2.10. The second kappa shape index (κ2) is 6.91. The van der Waals surface area contributed by atoms with Gasteiger partial charge in [0.15, 0.2) is 0 Å². The van der Waals surface area contributed by atoms with Crippen molar-refractivity contribution in [2.75, 3.05) is 20.1 Å². The molecular weight excluding hydrogens is 154 g/mol. The molecule has 12 heavy (non-hydrogen) atoms. The number of amidine groups is 1. The second-order valence-electron chi connectivity index (χ2n) is 3.00. The van der Waals surface area contributed by atoms with Crippen molar-refractivity contribution in [2.45, 2.75) is 26.2 Å². The first-order chi connectivity index (χ1) is 5.70. The third-order valence-corrected chi connectivity index (χ3v) is 1.77. The van der Waals surface area contributed by atoms with Crippen LogP contribution in [0.2, 0.25) is 0 Å². The van der Waals surface area contributed by atoms with Gasteiger partial charge in [-0.1, -0.05) is 18.5 Å². The number of nitrogens with two attached hydrogens (primary N) is 1. The Morgan fingerprint density at radius 2 is 2.17 bits per heavy atom. The van der Waals surface area contributed by atoms with E-state index in [9.17, 15) is 0 Å². The van der Waals surface area contributed by atoms with Crippen LogP contribution in [0.1, 0.15) is 26.2 Å². The number of hydrogen-bond donors (Lipinski definition) is 2. The van der Waals surface area contributed by atoms with Gasteiger partial charge in [0.1, 0.15) is 5.84 Å². The van der Waals surface area contributed by atoms with Crippen molar-refractivity contribution in [3.8, 4) is 0 Å². The smallest absolute Gasteiger partial charge is 0.140 e. The van der Waals surface area contributed by atoms with Gasteiger partial charge in [0.05, 0.1) is 0 Å². The zero-order chi connectivity index (χ0) is 9.40. The molecule has 0 fully saturated rings. The Balaban J connectivity index is 3.37. The van der Waals surface area contributed by atoms with E-state index in [2.05, 4.69) is 17.0 Å². The Kier molecular flexibility index (Phi) is 6.47. The van der Waals surface area contributed by atoms with Crippen LogP contribution in [0, 0.1) is 0 Å². The third kappa shape index (κ3) is 5.97. The molecule has 0 unspecified atom stereocenters. The molecule has 4 nitrogen and oxygen atoms in total. The maximum atomic E-state index is 8.27. The fourth-order valence-electron chi connectivity index (χ4n) is 0.895. The highest BCUT2D eigenvalue weighted by molar-refractivity contribution is 5.79. The van der Waals surface area contributed by atoms with Gasteiger partial charge >= 0.3 is 0 Å². The summed E-state index contributed by atoms with van der Waals surface area (Å²) in [7, 11) is 2.04. The molecule has 0 aliphatic carbocycles. The zero-order valence-electron chi connectivity index (χ0n) is 7.95. The maximum Gasteiger partial charge on any atom is 0.140 e. The number of hydrogen-bond acceptors (Lipinski definition) is 3. The van der Waals surface area contributed by atoms with Crippen LogP contribution in [0.5, 0.6) is 0 Å². The second-order valence-corrected chi connectivity index (χ2v) is 3.00. The maximum absolute atomic E-state index is 8.27. The SMILES string of the molecule is CCCCN(C)CC/C(N)=N/O. The minimum Gasteiger partial charge on any atom is -0.409 e. The van der Waals surface area contributed by atoms with Crippen molar-refractivity contribution in [1.82, 2.24) is 4.90 Å². The van der Waals surface area contributed by atoms with E-state index in [0.717, 1.165) is 13.1 Å². The first-order valence-corrected chi connectivity index (χ1v) is 4.35. The van der Waals surface area contributed by atoms with Crippen LogP contribution < -0.4 is 5.73 Å². The lowest BCUT2D eigenvalue weighted by Gasteiger charge is -2.14. The van der Waals surface area contributed by atoms with Crippen molar-refractivity contribution in [3.05, 3.63) is 0 Å². The molecule has 0 rings (SSSR count). The minimum absolute atomic E-state index is 0.304. The summed E-state index contributed by atoms with van der Waals surface area (Å²) in [5.74, 6) is 0.304. The average molecular weight is 173 g/mol. The molecule has 0 aromatic rings. The highest BCUT2D eigenvalue weighted by Gasteiger charge is 1.98. The topological polar surface area (TPSA) is 61.8 Å². The molecule has 0 spiro atoms. The van der Waals surface area contributed by atoms with Crippen LogP contribution in [0.25, 0.3) is 0 Å². The van der Waals surface area contributed by atoms with E-state index in [1.54, 1.807) is 0 Å². The lowest BCUT2D eigenvalue weighted by molar-refractivity contribution is 0.310. The zero-order valence-corrected chi connectivity index (χ0v) is 7.95. The molecule has 4 heteroatoms. The molecule has 0 bridgehead atoms. The lowest BCUT2D eigenvalue weighted by atomic mass is 10.3. The largest absolute Gasteiger partial charge is 0.409 e. The third-order valence-electron chi connectivity index (χ3n) is 1.77. The molecular formula is C8H19N3O. The lowest BCUT2D eigenvalue weighted by Crippen LogP contribution is -2.25. The molecule has 0 heterocycles. The number of nitrogens with zero attached hydrogens (tertiary/aromatic N) is 2. The highest BCUT2D eigenvalue weighted by Crippen LogP contribution is 1.93. The molecule has 0 aromatic heterocycles. The fourth-order valence-corrected chi connectivity index (χ4v) is 0.895. The standard InChI is InChI=1S/C8H19N3O/c1-3-4-6-11(2)7-5-8(9)10-12/h12H,3-7H2,1-2H3,(H2,9,10). The van der Waals surface area contributed by atoms with Gasteiger partial charge in [0, 0.05) is 13.0 Å². The van der Waals surface area contributed by atoms with E-state index in [4.69, 9.17) is 10.9 Å². The number of oxime groups is 1. The monoisotopic (exact) mass is 173 g/mol. The Labute approximate surface area is 74.0 Å². The van der Waals surface area contributed by atoms with E-state index in [1.165, 1.54) is 12.8 Å². The molecule has 0 atom stereocenters. The summed E-state index contributed by atoms with van der Waals surface area (Å²) in [6.07, 6.45) is 3.04. The van der Waals surface area contributed by atoms with E-state index in [0.29, 0.717) is 12.3 Å². The molecule has 0 amide bonds. The van der Waals surface area contributed by atoms with Gasteiger partial charge in [-0.05, 0) is 20.0 Å². The molecule has 0 radical (unpaired) electrons. The molecule has 0 aliphatic heterocycles. The summed E-state index contributed by atoms with van der Waals surface area (Å²) in [5, 5.41) is 11.2. The van der Waals surface area contributed by atoms with Crippen molar-refractivity contribution in [2.24, 2.45) is 10.9 Å². The summed E-state index contributed by atoms with van der Waals surface area (Å²) in [6, 6.07) is 0. The summed E-state index contributed by atoms with van der Waals surface area (Å²) >= 11 is 0. The molecule has 0 aliphatic rings. The Bertz CT molecular complexity index is 136. The fraction of sp³-hybridized carbons (Fsp3) is 0.875. The summed E-state index contributed by atoms with van der Waals surface area (Å²) < 4.78 is 0. The van der Waals surface area contributed by atoms with Crippen LogP contribution in [0.15, 0.2) is 5.16 Å². The van der Waals surface area contributed by atoms with Gasteiger partial charge in [-0.2, -0.15) is 0 Å². The molecule has 0 saturated carbocycles. The summed E-state index contributed by atoms with van der Waals surface area (Å²) in [4.78, 5) is 2.18.